The molecule has 6 nitrogen and oxygen atoms in total. The Hall–Kier alpha value is -2.63. The second-order valence-corrected chi connectivity index (χ2v) is 5.93. The van der Waals surface area contributed by atoms with Gasteiger partial charge in [-0.3, -0.25) is 9.97 Å². The number of pyridine rings is 2. The SMILES string of the molecule is Cc1cccnc1CCNC(=O)N1CCN(c2ccncc2)CC1. The van der Waals surface area contributed by atoms with E-state index < -0.39 is 0 Å². The van der Waals surface area contributed by atoms with Crippen molar-refractivity contribution < 1.29 is 4.79 Å². The summed E-state index contributed by atoms with van der Waals surface area (Å²) in [4.78, 5) is 24.8. The maximum Gasteiger partial charge on any atom is 0.317 e. The number of hydrogen-bond acceptors (Lipinski definition) is 4. The van der Waals surface area contributed by atoms with Crippen molar-refractivity contribution in [1.82, 2.24) is 20.2 Å². The van der Waals surface area contributed by atoms with Gasteiger partial charge in [0.2, 0.25) is 0 Å². The molecule has 1 N–H and O–H groups in total. The first-order valence-electron chi connectivity index (χ1n) is 8.32. The van der Waals surface area contributed by atoms with Crippen molar-refractivity contribution in [3.05, 3.63) is 54.1 Å². The molecule has 0 atom stereocenters. The number of anilines is 1. The van der Waals surface area contributed by atoms with Gasteiger partial charge in [0.1, 0.15) is 0 Å². The number of hydrogen-bond donors (Lipinski definition) is 1. The molecule has 24 heavy (non-hydrogen) atoms. The molecular weight excluding hydrogens is 302 g/mol. The standard InChI is InChI=1S/C18H23N5O/c1-15-3-2-7-20-17(15)6-10-21-18(24)23-13-11-22(12-14-23)16-4-8-19-9-5-16/h2-5,7-9H,6,10-14H2,1H3,(H,21,24). The maximum atomic E-state index is 12.3. The van der Waals surface area contributed by atoms with Crippen molar-refractivity contribution in [2.24, 2.45) is 0 Å². The number of amides is 2. The van der Waals surface area contributed by atoms with E-state index in [-0.39, 0.29) is 6.03 Å². The van der Waals surface area contributed by atoms with Gasteiger partial charge >= 0.3 is 6.03 Å². The Kier molecular flexibility index (Phi) is 5.25. The van der Waals surface area contributed by atoms with Crippen LogP contribution in [0.1, 0.15) is 11.3 Å². The number of aromatic nitrogens is 2. The van der Waals surface area contributed by atoms with Crippen LogP contribution < -0.4 is 10.2 Å². The molecule has 0 aromatic carbocycles. The zero-order chi connectivity index (χ0) is 16.8. The summed E-state index contributed by atoms with van der Waals surface area (Å²) >= 11 is 0. The molecule has 1 aliphatic heterocycles. The Morgan fingerprint density at radius 2 is 1.88 bits per heavy atom. The number of piperazine rings is 1. The van der Waals surface area contributed by atoms with Gasteiger partial charge in [0.15, 0.2) is 0 Å². The van der Waals surface area contributed by atoms with Gasteiger partial charge in [0.25, 0.3) is 0 Å². The fourth-order valence-corrected chi connectivity index (χ4v) is 2.90. The fourth-order valence-electron chi connectivity index (χ4n) is 2.90. The lowest BCUT2D eigenvalue weighted by Crippen LogP contribution is -2.52. The van der Waals surface area contributed by atoms with Crippen LogP contribution in [0.4, 0.5) is 10.5 Å². The summed E-state index contributed by atoms with van der Waals surface area (Å²) < 4.78 is 0. The third kappa shape index (κ3) is 4.01. The van der Waals surface area contributed by atoms with Crippen molar-refractivity contribution in [2.45, 2.75) is 13.3 Å². The Morgan fingerprint density at radius 3 is 2.58 bits per heavy atom. The Balaban J connectivity index is 1.43. The summed E-state index contributed by atoms with van der Waals surface area (Å²) in [5.41, 5.74) is 3.37. The van der Waals surface area contributed by atoms with Crippen LogP contribution in [0.15, 0.2) is 42.9 Å². The highest BCUT2D eigenvalue weighted by atomic mass is 16.2. The quantitative estimate of drug-likeness (QED) is 0.932. The summed E-state index contributed by atoms with van der Waals surface area (Å²) in [6.45, 7) is 5.81. The average Bonchev–Trinajstić information content (AvgIpc) is 2.64. The topological polar surface area (TPSA) is 61.4 Å². The highest BCUT2D eigenvalue weighted by Crippen LogP contribution is 2.14. The molecule has 1 fully saturated rings. The predicted octanol–water partition coefficient (Wildman–Crippen LogP) is 1.86. The molecule has 3 rings (SSSR count). The van der Waals surface area contributed by atoms with Gasteiger partial charge in [-0.05, 0) is 30.7 Å². The molecular formula is C18H23N5O. The van der Waals surface area contributed by atoms with Crippen LogP contribution in [0.25, 0.3) is 0 Å². The Labute approximate surface area is 142 Å². The van der Waals surface area contributed by atoms with Crippen molar-refractivity contribution in [3.8, 4) is 0 Å². The predicted molar refractivity (Wildman–Crippen MR) is 94.1 cm³/mol. The molecule has 126 valence electrons. The monoisotopic (exact) mass is 325 g/mol. The van der Waals surface area contributed by atoms with Gasteiger partial charge in [-0.2, -0.15) is 0 Å². The Morgan fingerprint density at radius 1 is 1.12 bits per heavy atom. The van der Waals surface area contributed by atoms with Gasteiger partial charge in [-0.1, -0.05) is 6.07 Å². The van der Waals surface area contributed by atoms with Crippen molar-refractivity contribution in [2.75, 3.05) is 37.6 Å². The van der Waals surface area contributed by atoms with Gasteiger partial charge in [-0.15, -0.1) is 0 Å². The normalized spacial score (nSPS) is 14.5. The zero-order valence-electron chi connectivity index (χ0n) is 14.0. The van der Waals surface area contributed by atoms with E-state index in [0.29, 0.717) is 6.54 Å². The molecule has 6 heteroatoms. The maximum absolute atomic E-state index is 12.3. The summed E-state index contributed by atoms with van der Waals surface area (Å²) in [6, 6.07) is 8.00. The summed E-state index contributed by atoms with van der Waals surface area (Å²) in [7, 11) is 0. The first-order chi connectivity index (χ1) is 11.7. The summed E-state index contributed by atoms with van der Waals surface area (Å²) in [6.07, 6.45) is 6.15. The first-order valence-corrected chi connectivity index (χ1v) is 8.32. The molecule has 2 amide bonds. The van der Waals surface area contributed by atoms with Crippen LogP contribution in [0.2, 0.25) is 0 Å². The van der Waals surface area contributed by atoms with Crippen LogP contribution in [0, 0.1) is 6.92 Å². The minimum absolute atomic E-state index is 0.0120. The van der Waals surface area contributed by atoms with E-state index in [1.807, 2.05) is 36.1 Å². The third-order valence-corrected chi connectivity index (χ3v) is 4.35. The molecule has 0 radical (unpaired) electrons. The molecule has 0 bridgehead atoms. The fraction of sp³-hybridized carbons (Fsp3) is 0.389. The summed E-state index contributed by atoms with van der Waals surface area (Å²) in [5, 5.41) is 3.00. The number of rotatable bonds is 4. The number of carbonyl (C=O) groups excluding carboxylic acids is 1. The van der Waals surface area contributed by atoms with E-state index in [1.165, 1.54) is 0 Å². The molecule has 2 aromatic rings. The van der Waals surface area contributed by atoms with E-state index in [1.54, 1.807) is 18.6 Å². The molecule has 0 unspecified atom stereocenters. The molecule has 1 aliphatic rings. The van der Waals surface area contributed by atoms with Crippen molar-refractivity contribution in [1.29, 1.82) is 0 Å². The smallest absolute Gasteiger partial charge is 0.317 e. The number of urea groups is 1. The van der Waals surface area contributed by atoms with Crippen LogP contribution in [-0.2, 0) is 6.42 Å². The van der Waals surface area contributed by atoms with Crippen molar-refractivity contribution in [3.63, 3.8) is 0 Å². The Bertz CT molecular complexity index is 668. The molecule has 0 saturated carbocycles. The number of carbonyl (C=O) groups is 1. The lowest BCUT2D eigenvalue weighted by molar-refractivity contribution is 0.194. The molecule has 2 aromatic heterocycles. The van der Waals surface area contributed by atoms with Crippen LogP contribution in [0.5, 0.6) is 0 Å². The highest BCUT2D eigenvalue weighted by Gasteiger charge is 2.20. The van der Waals surface area contributed by atoms with Crippen molar-refractivity contribution >= 4 is 11.7 Å². The largest absolute Gasteiger partial charge is 0.368 e. The second kappa shape index (κ2) is 7.77. The van der Waals surface area contributed by atoms with E-state index in [9.17, 15) is 4.79 Å². The van der Waals surface area contributed by atoms with Crippen LogP contribution in [0.3, 0.4) is 0 Å². The number of nitrogens with zero attached hydrogens (tertiary/aromatic N) is 4. The zero-order valence-corrected chi connectivity index (χ0v) is 14.0. The first kappa shape index (κ1) is 16.2. The average molecular weight is 325 g/mol. The highest BCUT2D eigenvalue weighted by molar-refractivity contribution is 5.74. The van der Waals surface area contributed by atoms with Crippen LogP contribution >= 0.6 is 0 Å². The van der Waals surface area contributed by atoms with E-state index in [2.05, 4.69) is 20.2 Å². The van der Waals surface area contributed by atoms with Gasteiger partial charge in [-0.25, -0.2) is 4.79 Å². The lowest BCUT2D eigenvalue weighted by Gasteiger charge is -2.36. The second-order valence-electron chi connectivity index (χ2n) is 5.93. The minimum Gasteiger partial charge on any atom is -0.368 e. The van der Waals surface area contributed by atoms with Crippen LogP contribution in [-0.4, -0.2) is 53.6 Å². The van der Waals surface area contributed by atoms with E-state index in [4.69, 9.17) is 0 Å². The van der Waals surface area contributed by atoms with E-state index >= 15 is 0 Å². The van der Waals surface area contributed by atoms with Gasteiger partial charge < -0.3 is 15.1 Å². The molecule has 0 spiro atoms. The lowest BCUT2D eigenvalue weighted by atomic mass is 10.2. The number of nitrogens with one attached hydrogen (secondary N) is 1. The van der Waals surface area contributed by atoms with E-state index in [0.717, 1.165) is 49.5 Å². The molecule has 1 saturated heterocycles. The molecule has 0 aliphatic carbocycles. The number of aryl methyl sites for hydroxylation is 1. The molecule has 3 heterocycles. The summed E-state index contributed by atoms with van der Waals surface area (Å²) in [5.74, 6) is 0. The van der Waals surface area contributed by atoms with Gasteiger partial charge in [0, 0.05) is 69.1 Å². The third-order valence-electron chi connectivity index (χ3n) is 4.35. The van der Waals surface area contributed by atoms with Gasteiger partial charge in [0.05, 0.1) is 0 Å². The minimum atomic E-state index is 0.0120.